The van der Waals surface area contributed by atoms with E-state index < -0.39 is 16.8 Å². The summed E-state index contributed by atoms with van der Waals surface area (Å²) in [5, 5.41) is 19.4. The summed E-state index contributed by atoms with van der Waals surface area (Å²) in [5.41, 5.74) is 0.291. The number of nitro groups is 1. The molecule has 6 heteroatoms. The summed E-state index contributed by atoms with van der Waals surface area (Å²) < 4.78 is 4.94. The third-order valence-corrected chi connectivity index (χ3v) is 2.26. The van der Waals surface area contributed by atoms with Gasteiger partial charge < -0.3 is 9.84 Å². The number of benzene rings is 1. The van der Waals surface area contributed by atoms with Gasteiger partial charge in [-0.2, -0.15) is 0 Å². The number of carboxylic acid groups (broad SMARTS) is 1. The Balaban J connectivity index is 3.21. The van der Waals surface area contributed by atoms with E-state index in [-0.39, 0.29) is 11.4 Å². The van der Waals surface area contributed by atoms with Crippen LogP contribution in [0, 0.1) is 10.1 Å². The van der Waals surface area contributed by atoms with Gasteiger partial charge in [0.05, 0.1) is 24.0 Å². The Bertz CT molecular complexity index is 429. The Labute approximate surface area is 91.6 Å². The van der Waals surface area contributed by atoms with Crippen LogP contribution < -0.4 is 4.74 Å². The molecule has 1 aromatic rings. The Morgan fingerprint density at radius 2 is 2.19 bits per heavy atom. The van der Waals surface area contributed by atoms with Crippen LogP contribution in [0.25, 0.3) is 0 Å². The smallest absolute Gasteiger partial charge is 0.310 e. The third-order valence-electron chi connectivity index (χ3n) is 2.26. The predicted octanol–water partition coefficient (Wildman–Crippen LogP) is 1.79. The molecule has 1 rings (SSSR count). The van der Waals surface area contributed by atoms with Gasteiger partial charge in [-0.05, 0) is 13.0 Å². The number of carbonyl (C=O) groups is 1. The van der Waals surface area contributed by atoms with Gasteiger partial charge in [0.25, 0.3) is 5.69 Å². The minimum atomic E-state index is -1.01. The first-order valence-corrected chi connectivity index (χ1v) is 4.52. The maximum Gasteiger partial charge on any atom is 0.310 e. The van der Waals surface area contributed by atoms with Gasteiger partial charge in [0.15, 0.2) is 0 Å². The van der Waals surface area contributed by atoms with Crippen LogP contribution in [0.15, 0.2) is 18.2 Å². The first-order chi connectivity index (χ1) is 7.47. The molecule has 16 heavy (non-hydrogen) atoms. The molecule has 1 unspecified atom stereocenters. The second-order valence-corrected chi connectivity index (χ2v) is 3.24. The zero-order valence-electron chi connectivity index (χ0n) is 8.84. The Morgan fingerprint density at radius 1 is 1.56 bits per heavy atom. The predicted molar refractivity (Wildman–Crippen MR) is 55.7 cm³/mol. The highest BCUT2D eigenvalue weighted by molar-refractivity contribution is 5.77. The highest BCUT2D eigenvalue weighted by Gasteiger charge is 2.20. The summed E-state index contributed by atoms with van der Waals surface area (Å²) in [5.74, 6) is -1.56. The summed E-state index contributed by atoms with van der Waals surface area (Å²) in [7, 11) is 1.34. The van der Waals surface area contributed by atoms with Crippen LogP contribution in [0.3, 0.4) is 0 Å². The van der Waals surface area contributed by atoms with E-state index >= 15 is 0 Å². The van der Waals surface area contributed by atoms with Crippen molar-refractivity contribution >= 4 is 11.7 Å². The lowest BCUT2D eigenvalue weighted by molar-refractivity contribution is -0.384. The summed E-state index contributed by atoms with van der Waals surface area (Å²) in [6.45, 7) is 1.49. The lowest BCUT2D eigenvalue weighted by Crippen LogP contribution is -2.09. The monoisotopic (exact) mass is 225 g/mol. The maximum atomic E-state index is 10.8. The van der Waals surface area contributed by atoms with E-state index in [1.54, 1.807) is 0 Å². The summed E-state index contributed by atoms with van der Waals surface area (Å²) in [6.07, 6.45) is 0. The molecule has 0 amide bonds. The number of nitro benzene ring substituents is 1. The van der Waals surface area contributed by atoms with Gasteiger partial charge in [0.1, 0.15) is 5.75 Å². The number of ether oxygens (including phenoxy) is 1. The molecule has 0 heterocycles. The van der Waals surface area contributed by atoms with E-state index in [4.69, 9.17) is 9.84 Å². The number of methoxy groups -OCH3 is 1. The molecular weight excluding hydrogens is 214 g/mol. The average Bonchev–Trinajstić information content (AvgIpc) is 2.26. The van der Waals surface area contributed by atoms with Crippen molar-refractivity contribution in [2.75, 3.05) is 7.11 Å². The van der Waals surface area contributed by atoms with Gasteiger partial charge in [-0.25, -0.2) is 0 Å². The fourth-order valence-electron chi connectivity index (χ4n) is 1.30. The molecule has 0 aliphatic rings. The average molecular weight is 225 g/mol. The van der Waals surface area contributed by atoms with E-state index in [0.717, 1.165) is 0 Å². The molecular formula is C10H11NO5. The Morgan fingerprint density at radius 3 is 2.62 bits per heavy atom. The quantitative estimate of drug-likeness (QED) is 0.623. The van der Waals surface area contributed by atoms with Crippen molar-refractivity contribution < 1.29 is 19.6 Å². The van der Waals surface area contributed by atoms with Crippen LogP contribution in [-0.2, 0) is 4.79 Å². The molecule has 0 aliphatic heterocycles. The molecule has 0 saturated heterocycles. The Hall–Kier alpha value is -2.11. The second kappa shape index (κ2) is 4.61. The molecule has 1 atom stereocenters. The number of nitrogens with zero attached hydrogens (tertiary/aromatic N) is 1. The van der Waals surface area contributed by atoms with Gasteiger partial charge >= 0.3 is 5.97 Å². The molecule has 6 nitrogen and oxygen atoms in total. The SMILES string of the molecule is COc1cc([N+](=O)[O-])ccc1C(C)C(=O)O. The zero-order valence-corrected chi connectivity index (χ0v) is 8.84. The molecule has 1 N–H and O–H groups in total. The zero-order chi connectivity index (χ0) is 12.3. The largest absolute Gasteiger partial charge is 0.496 e. The standard InChI is InChI=1S/C10H11NO5/c1-6(10(12)13)8-4-3-7(11(14)15)5-9(8)16-2/h3-6H,1-2H3,(H,12,13). The van der Waals surface area contributed by atoms with E-state index in [1.807, 2.05) is 0 Å². The second-order valence-electron chi connectivity index (χ2n) is 3.24. The molecule has 0 fully saturated rings. The Kier molecular flexibility index (Phi) is 3.44. The van der Waals surface area contributed by atoms with Crippen molar-refractivity contribution in [1.82, 2.24) is 0 Å². The van der Waals surface area contributed by atoms with Crippen LogP contribution in [-0.4, -0.2) is 23.1 Å². The van der Waals surface area contributed by atoms with Gasteiger partial charge in [-0.1, -0.05) is 0 Å². The van der Waals surface area contributed by atoms with Crippen molar-refractivity contribution in [3.05, 3.63) is 33.9 Å². The number of non-ortho nitro benzene ring substituents is 1. The lowest BCUT2D eigenvalue weighted by Gasteiger charge is -2.11. The van der Waals surface area contributed by atoms with E-state index in [0.29, 0.717) is 5.56 Å². The fourth-order valence-corrected chi connectivity index (χ4v) is 1.30. The molecule has 0 radical (unpaired) electrons. The number of hydrogen-bond acceptors (Lipinski definition) is 4. The van der Waals surface area contributed by atoms with Crippen LogP contribution in [0.4, 0.5) is 5.69 Å². The number of hydrogen-bond donors (Lipinski definition) is 1. The highest BCUT2D eigenvalue weighted by atomic mass is 16.6. The molecule has 1 aromatic carbocycles. The molecule has 86 valence electrons. The molecule has 0 spiro atoms. The van der Waals surface area contributed by atoms with Gasteiger partial charge in [-0.15, -0.1) is 0 Å². The van der Waals surface area contributed by atoms with E-state index in [1.165, 1.54) is 32.2 Å². The van der Waals surface area contributed by atoms with Crippen molar-refractivity contribution in [1.29, 1.82) is 0 Å². The molecule has 0 aromatic heterocycles. The van der Waals surface area contributed by atoms with Crippen LogP contribution in [0.5, 0.6) is 5.75 Å². The summed E-state index contributed by atoms with van der Waals surface area (Å²) >= 11 is 0. The van der Waals surface area contributed by atoms with E-state index in [2.05, 4.69) is 0 Å². The summed E-state index contributed by atoms with van der Waals surface area (Å²) in [4.78, 5) is 20.8. The fraction of sp³-hybridized carbons (Fsp3) is 0.300. The van der Waals surface area contributed by atoms with Crippen molar-refractivity contribution in [3.8, 4) is 5.75 Å². The van der Waals surface area contributed by atoms with E-state index in [9.17, 15) is 14.9 Å². The minimum absolute atomic E-state index is 0.127. The van der Waals surface area contributed by atoms with Gasteiger partial charge in [-0.3, -0.25) is 14.9 Å². The van der Waals surface area contributed by atoms with Crippen molar-refractivity contribution in [2.24, 2.45) is 0 Å². The molecule has 0 saturated carbocycles. The topological polar surface area (TPSA) is 89.7 Å². The summed E-state index contributed by atoms with van der Waals surface area (Å²) in [6, 6.07) is 3.88. The third kappa shape index (κ3) is 2.28. The molecule has 0 aliphatic carbocycles. The highest BCUT2D eigenvalue weighted by Crippen LogP contribution is 2.30. The van der Waals surface area contributed by atoms with Gasteiger partial charge in [0, 0.05) is 11.6 Å². The number of carboxylic acids is 1. The lowest BCUT2D eigenvalue weighted by atomic mass is 10.00. The van der Waals surface area contributed by atoms with Crippen LogP contribution in [0.1, 0.15) is 18.4 Å². The van der Waals surface area contributed by atoms with Crippen molar-refractivity contribution in [3.63, 3.8) is 0 Å². The van der Waals surface area contributed by atoms with Crippen LogP contribution >= 0.6 is 0 Å². The first-order valence-electron chi connectivity index (χ1n) is 4.52. The maximum absolute atomic E-state index is 10.8. The van der Waals surface area contributed by atoms with Gasteiger partial charge in [0.2, 0.25) is 0 Å². The first kappa shape index (κ1) is 12.0. The van der Waals surface area contributed by atoms with Crippen LogP contribution in [0.2, 0.25) is 0 Å². The van der Waals surface area contributed by atoms with Crippen molar-refractivity contribution in [2.45, 2.75) is 12.8 Å². The normalized spacial score (nSPS) is 11.9. The number of aliphatic carboxylic acids is 1. The molecule has 0 bridgehead atoms. The number of rotatable bonds is 4. The minimum Gasteiger partial charge on any atom is -0.496 e.